The third-order valence-electron chi connectivity index (χ3n) is 4.27. The second kappa shape index (κ2) is 7.02. The molecule has 25 heavy (non-hydrogen) atoms. The molecule has 2 heterocycles. The minimum absolute atomic E-state index is 0.0355. The maximum Gasteiger partial charge on any atom is 0.262 e. The maximum atomic E-state index is 12.9. The van der Waals surface area contributed by atoms with Crippen molar-refractivity contribution in [1.29, 1.82) is 0 Å². The Balaban J connectivity index is 1.61. The summed E-state index contributed by atoms with van der Waals surface area (Å²) in [5.74, 6) is 0.806. The summed E-state index contributed by atoms with van der Waals surface area (Å²) in [6.07, 6.45) is 0.765. The lowest BCUT2D eigenvalue weighted by molar-refractivity contribution is 0.0929. The summed E-state index contributed by atoms with van der Waals surface area (Å²) in [5.41, 5.74) is 3.06. The predicted octanol–water partition coefficient (Wildman–Crippen LogP) is 5.43. The van der Waals surface area contributed by atoms with Gasteiger partial charge in [-0.3, -0.25) is 4.79 Å². The standard InChI is InChI=1S/C20H16BrNO2S/c21-14-6-7-18-16(12-14)17(8-10-24-18)22-20(23)19-15(9-11-25-19)13-4-2-1-3-5-13/h1-7,9,11-12,17H,8,10H2,(H,22,23). The van der Waals surface area contributed by atoms with E-state index in [4.69, 9.17) is 4.74 Å². The fraction of sp³-hybridized carbons (Fsp3) is 0.150. The van der Waals surface area contributed by atoms with Crippen LogP contribution in [-0.2, 0) is 0 Å². The quantitative estimate of drug-likeness (QED) is 0.621. The Morgan fingerprint density at radius 2 is 2.00 bits per heavy atom. The third-order valence-corrected chi connectivity index (χ3v) is 5.68. The van der Waals surface area contributed by atoms with Crippen LogP contribution in [0.2, 0.25) is 0 Å². The van der Waals surface area contributed by atoms with Gasteiger partial charge in [0, 0.05) is 22.0 Å². The Kier molecular flexibility index (Phi) is 4.59. The Bertz CT molecular complexity index is 907. The van der Waals surface area contributed by atoms with Crippen LogP contribution in [0.3, 0.4) is 0 Å². The van der Waals surface area contributed by atoms with Gasteiger partial charge in [-0.15, -0.1) is 11.3 Å². The van der Waals surface area contributed by atoms with Crippen LogP contribution in [0.5, 0.6) is 5.75 Å². The molecule has 1 aliphatic rings. The van der Waals surface area contributed by atoms with Gasteiger partial charge in [-0.2, -0.15) is 0 Å². The Morgan fingerprint density at radius 1 is 1.16 bits per heavy atom. The first-order valence-electron chi connectivity index (χ1n) is 8.08. The number of amides is 1. The lowest BCUT2D eigenvalue weighted by Gasteiger charge is -2.27. The van der Waals surface area contributed by atoms with E-state index in [0.717, 1.165) is 38.2 Å². The number of thiophene rings is 1. The van der Waals surface area contributed by atoms with Crippen molar-refractivity contribution in [2.75, 3.05) is 6.61 Å². The van der Waals surface area contributed by atoms with E-state index in [0.29, 0.717) is 6.61 Å². The number of nitrogens with one attached hydrogen (secondary N) is 1. The van der Waals surface area contributed by atoms with E-state index in [2.05, 4.69) is 21.2 Å². The fourth-order valence-electron chi connectivity index (χ4n) is 3.07. The average molecular weight is 414 g/mol. The van der Waals surface area contributed by atoms with Crippen molar-refractivity contribution in [1.82, 2.24) is 5.32 Å². The number of ether oxygens (including phenoxy) is 1. The van der Waals surface area contributed by atoms with Crippen LogP contribution in [0.15, 0.2) is 64.5 Å². The molecular weight excluding hydrogens is 398 g/mol. The van der Waals surface area contributed by atoms with E-state index >= 15 is 0 Å². The number of halogens is 1. The van der Waals surface area contributed by atoms with Crippen LogP contribution in [0.1, 0.15) is 27.7 Å². The molecule has 0 radical (unpaired) electrons. The normalized spacial score (nSPS) is 16.0. The molecule has 0 saturated carbocycles. The van der Waals surface area contributed by atoms with Gasteiger partial charge in [0.25, 0.3) is 5.91 Å². The zero-order valence-corrected chi connectivity index (χ0v) is 15.8. The van der Waals surface area contributed by atoms with E-state index in [-0.39, 0.29) is 11.9 Å². The first-order valence-corrected chi connectivity index (χ1v) is 9.75. The van der Waals surface area contributed by atoms with Gasteiger partial charge in [0.05, 0.1) is 17.5 Å². The summed E-state index contributed by atoms with van der Waals surface area (Å²) < 4.78 is 6.69. The highest BCUT2D eigenvalue weighted by atomic mass is 79.9. The second-order valence-corrected chi connectivity index (χ2v) is 7.71. The molecule has 3 nitrogen and oxygen atoms in total. The average Bonchev–Trinajstić information content (AvgIpc) is 3.13. The predicted molar refractivity (Wildman–Crippen MR) is 104 cm³/mol. The number of benzene rings is 2. The second-order valence-electron chi connectivity index (χ2n) is 5.87. The monoisotopic (exact) mass is 413 g/mol. The molecular formula is C20H16BrNO2S. The zero-order valence-electron chi connectivity index (χ0n) is 13.4. The molecule has 1 unspecified atom stereocenters. The lowest BCUT2D eigenvalue weighted by atomic mass is 10.00. The molecule has 1 atom stereocenters. The van der Waals surface area contributed by atoms with E-state index in [1.54, 1.807) is 0 Å². The first-order chi connectivity index (χ1) is 12.2. The number of rotatable bonds is 3. The molecule has 1 aromatic heterocycles. The van der Waals surface area contributed by atoms with Gasteiger partial charge in [-0.25, -0.2) is 0 Å². The lowest BCUT2D eigenvalue weighted by Crippen LogP contribution is -2.32. The van der Waals surface area contributed by atoms with Crippen molar-refractivity contribution in [2.45, 2.75) is 12.5 Å². The molecule has 126 valence electrons. The van der Waals surface area contributed by atoms with Crippen molar-refractivity contribution in [3.05, 3.63) is 74.9 Å². The highest BCUT2D eigenvalue weighted by molar-refractivity contribution is 9.10. The van der Waals surface area contributed by atoms with Crippen LogP contribution in [0.4, 0.5) is 0 Å². The van der Waals surface area contributed by atoms with Gasteiger partial charge in [0.1, 0.15) is 5.75 Å². The molecule has 1 aliphatic heterocycles. The van der Waals surface area contributed by atoms with Gasteiger partial charge in [-0.1, -0.05) is 46.3 Å². The van der Waals surface area contributed by atoms with Gasteiger partial charge in [-0.05, 0) is 35.2 Å². The van der Waals surface area contributed by atoms with Gasteiger partial charge >= 0.3 is 0 Å². The highest BCUT2D eigenvalue weighted by Gasteiger charge is 2.25. The maximum absolute atomic E-state index is 12.9. The fourth-order valence-corrected chi connectivity index (χ4v) is 4.27. The molecule has 0 bridgehead atoms. The summed E-state index contributed by atoms with van der Waals surface area (Å²) in [4.78, 5) is 13.7. The Hall–Kier alpha value is -2.11. The summed E-state index contributed by atoms with van der Waals surface area (Å²) >= 11 is 4.97. The topological polar surface area (TPSA) is 38.3 Å². The summed E-state index contributed by atoms with van der Waals surface area (Å²) in [6, 6.07) is 17.9. The van der Waals surface area contributed by atoms with Crippen molar-refractivity contribution in [2.24, 2.45) is 0 Å². The molecule has 0 spiro atoms. The Morgan fingerprint density at radius 3 is 2.84 bits per heavy atom. The third kappa shape index (κ3) is 3.34. The zero-order chi connectivity index (χ0) is 17.2. The minimum Gasteiger partial charge on any atom is -0.493 e. The molecule has 0 fully saturated rings. The van der Waals surface area contributed by atoms with E-state index < -0.39 is 0 Å². The van der Waals surface area contributed by atoms with Gasteiger partial charge in [0.2, 0.25) is 0 Å². The number of carbonyl (C=O) groups excluding carboxylic acids is 1. The largest absolute Gasteiger partial charge is 0.493 e. The minimum atomic E-state index is -0.0422. The van der Waals surface area contributed by atoms with E-state index in [1.165, 1.54) is 11.3 Å². The molecule has 3 aromatic rings. The van der Waals surface area contributed by atoms with Crippen molar-refractivity contribution < 1.29 is 9.53 Å². The highest BCUT2D eigenvalue weighted by Crippen LogP contribution is 2.35. The Labute approximate surface area is 158 Å². The number of carbonyl (C=O) groups is 1. The molecule has 1 amide bonds. The van der Waals surface area contributed by atoms with Gasteiger partial charge < -0.3 is 10.1 Å². The van der Waals surface area contributed by atoms with Crippen LogP contribution >= 0.6 is 27.3 Å². The summed E-state index contributed by atoms with van der Waals surface area (Å²) in [6.45, 7) is 0.607. The smallest absolute Gasteiger partial charge is 0.262 e. The van der Waals surface area contributed by atoms with Crippen LogP contribution in [0.25, 0.3) is 11.1 Å². The summed E-state index contributed by atoms with van der Waals surface area (Å²) in [7, 11) is 0. The molecule has 1 N–H and O–H groups in total. The first kappa shape index (κ1) is 16.4. The van der Waals surface area contributed by atoms with Crippen LogP contribution in [-0.4, -0.2) is 12.5 Å². The number of fused-ring (bicyclic) bond motifs is 1. The van der Waals surface area contributed by atoms with E-state index in [1.807, 2.05) is 60.0 Å². The molecule has 4 rings (SSSR count). The van der Waals surface area contributed by atoms with E-state index in [9.17, 15) is 4.79 Å². The van der Waals surface area contributed by atoms with Crippen LogP contribution in [0, 0.1) is 0 Å². The van der Waals surface area contributed by atoms with Crippen molar-refractivity contribution in [3.8, 4) is 16.9 Å². The summed E-state index contributed by atoms with van der Waals surface area (Å²) in [5, 5.41) is 5.15. The van der Waals surface area contributed by atoms with Crippen molar-refractivity contribution in [3.63, 3.8) is 0 Å². The molecule has 0 aliphatic carbocycles. The SMILES string of the molecule is O=C(NC1CCOc2ccc(Br)cc21)c1sccc1-c1ccccc1. The van der Waals surface area contributed by atoms with Crippen LogP contribution < -0.4 is 10.1 Å². The molecule has 2 aromatic carbocycles. The number of hydrogen-bond donors (Lipinski definition) is 1. The van der Waals surface area contributed by atoms with Crippen molar-refractivity contribution >= 4 is 33.2 Å². The van der Waals surface area contributed by atoms with Gasteiger partial charge in [0.15, 0.2) is 0 Å². The number of hydrogen-bond acceptors (Lipinski definition) is 3. The molecule has 5 heteroatoms. The molecule has 0 saturated heterocycles.